The van der Waals surface area contributed by atoms with E-state index < -0.39 is 5.97 Å². The molecule has 0 aliphatic carbocycles. The lowest BCUT2D eigenvalue weighted by atomic mass is 10.1. The molecule has 7 nitrogen and oxygen atoms in total. The standard InChI is InChI=1S/C27H27FN2O5S/c1-19-16-22(27(32)35-15-14-33-12-13-34-17-20-8-10-29-11-9-20)4-7-24(19)30-25(31)18-36-26(30)21-2-5-23(28)6-3-21/h2-11,16,26H,12-15,17-18H2,1H3. The van der Waals surface area contributed by atoms with Gasteiger partial charge in [0, 0.05) is 18.1 Å². The second-order valence-corrected chi connectivity index (χ2v) is 9.20. The highest BCUT2D eigenvalue weighted by Crippen LogP contribution is 2.42. The lowest BCUT2D eigenvalue weighted by Gasteiger charge is -2.26. The zero-order valence-corrected chi connectivity index (χ0v) is 20.7. The number of hydrogen-bond donors (Lipinski definition) is 0. The average Bonchev–Trinajstić information content (AvgIpc) is 3.27. The van der Waals surface area contributed by atoms with E-state index in [1.54, 1.807) is 47.6 Å². The molecule has 1 amide bonds. The SMILES string of the molecule is Cc1cc(C(=O)OCCOCCOCc2ccncc2)ccc1N1C(=O)CSC1c1ccc(F)cc1. The maximum Gasteiger partial charge on any atom is 0.338 e. The molecular formula is C27H27FN2O5S. The summed E-state index contributed by atoms with van der Waals surface area (Å²) in [6, 6.07) is 15.1. The number of aryl methyl sites for hydroxylation is 1. The van der Waals surface area contributed by atoms with Crippen LogP contribution in [-0.4, -0.2) is 49.0 Å². The van der Waals surface area contributed by atoms with Crippen LogP contribution in [0, 0.1) is 12.7 Å². The van der Waals surface area contributed by atoms with E-state index in [0.29, 0.717) is 36.8 Å². The molecule has 188 valence electrons. The van der Waals surface area contributed by atoms with Crippen molar-refractivity contribution in [3.05, 3.63) is 95.1 Å². The monoisotopic (exact) mass is 510 g/mol. The van der Waals surface area contributed by atoms with E-state index in [1.165, 1.54) is 23.9 Å². The summed E-state index contributed by atoms with van der Waals surface area (Å²) in [4.78, 5) is 30.8. The Hall–Kier alpha value is -3.27. The molecule has 4 rings (SSSR count). The molecule has 1 aliphatic heterocycles. The maximum absolute atomic E-state index is 13.3. The summed E-state index contributed by atoms with van der Waals surface area (Å²) in [5.74, 6) is -0.479. The topological polar surface area (TPSA) is 78.0 Å². The van der Waals surface area contributed by atoms with Gasteiger partial charge in [0.1, 0.15) is 17.8 Å². The van der Waals surface area contributed by atoms with Crippen molar-refractivity contribution in [3.63, 3.8) is 0 Å². The molecule has 3 aromatic rings. The number of esters is 1. The number of halogens is 1. The third-order valence-electron chi connectivity index (χ3n) is 5.57. The van der Waals surface area contributed by atoms with E-state index in [0.717, 1.165) is 16.7 Å². The third-order valence-corrected chi connectivity index (χ3v) is 6.78. The fourth-order valence-electron chi connectivity index (χ4n) is 3.78. The molecule has 1 aliphatic rings. The Morgan fingerprint density at radius 2 is 1.75 bits per heavy atom. The van der Waals surface area contributed by atoms with Gasteiger partial charge in [-0.15, -0.1) is 11.8 Å². The number of carbonyl (C=O) groups is 2. The maximum atomic E-state index is 13.3. The summed E-state index contributed by atoms with van der Waals surface area (Å²) in [6.07, 6.45) is 3.43. The molecule has 1 fully saturated rings. The molecule has 1 atom stereocenters. The van der Waals surface area contributed by atoms with Crippen LogP contribution in [0.2, 0.25) is 0 Å². The lowest BCUT2D eigenvalue weighted by Crippen LogP contribution is -2.28. The fourth-order valence-corrected chi connectivity index (χ4v) is 4.95. The molecule has 2 aromatic carbocycles. The number of ether oxygens (including phenoxy) is 3. The normalized spacial score (nSPS) is 15.3. The third kappa shape index (κ3) is 6.69. The van der Waals surface area contributed by atoms with Crippen molar-refractivity contribution in [2.45, 2.75) is 18.9 Å². The second-order valence-electron chi connectivity index (χ2n) is 8.14. The number of benzene rings is 2. The minimum absolute atomic E-state index is 0.0327. The van der Waals surface area contributed by atoms with Crippen molar-refractivity contribution in [3.8, 4) is 0 Å². The van der Waals surface area contributed by atoms with Crippen molar-refractivity contribution >= 4 is 29.3 Å². The number of thioether (sulfide) groups is 1. The highest BCUT2D eigenvalue weighted by Gasteiger charge is 2.35. The Bertz CT molecular complexity index is 1180. The van der Waals surface area contributed by atoms with E-state index in [2.05, 4.69) is 4.98 Å². The molecule has 1 unspecified atom stereocenters. The van der Waals surface area contributed by atoms with E-state index >= 15 is 0 Å². The first-order valence-electron chi connectivity index (χ1n) is 11.5. The van der Waals surface area contributed by atoms with Crippen molar-refractivity contribution < 1.29 is 28.2 Å². The van der Waals surface area contributed by atoms with Gasteiger partial charge in [0.15, 0.2) is 0 Å². The summed E-state index contributed by atoms with van der Waals surface area (Å²) in [5, 5.41) is -0.250. The van der Waals surface area contributed by atoms with Gasteiger partial charge in [-0.2, -0.15) is 0 Å². The first kappa shape index (κ1) is 25.8. The zero-order valence-electron chi connectivity index (χ0n) is 19.9. The number of aromatic nitrogens is 1. The lowest BCUT2D eigenvalue weighted by molar-refractivity contribution is -0.115. The van der Waals surface area contributed by atoms with Crippen LogP contribution in [0.1, 0.15) is 32.4 Å². The van der Waals surface area contributed by atoms with Crippen LogP contribution in [0.3, 0.4) is 0 Å². The summed E-state index contributed by atoms with van der Waals surface area (Å²) in [6.45, 7) is 3.55. The second kappa shape index (κ2) is 12.6. The fraction of sp³-hybridized carbons (Fsp3) is 0.296. The van der Waals surface area contributed by atoms with Gasteiger partial charge in [0.05, 0.1) is 37.7 Å². The molecule has 1 saturated heterocycles. The van der Waals surface area contributed by atoms with Crippen LogP contribution in [0.15, 0.2) is 67.0 Å². The van der Waals surface area contributed by atoms with Crippen LogP contribution < -0.4 is 4.90 Å². The molecular weight excluding hydrogens is 483 g/mol. The van der Waals surface area contributed by atoms with E-state index in [-0.39, 0.29) is 30.3 Å². The minimum Gasteiger partial charge on any atom is -0.460 e. The predicted octanol–water partition coefficient (Wildman–Crippen LogP) is 4.70. The molecule has 0 bridgehead atoms. The van der Waals surface area contributed by atoms with Gasteiger partial charge < -0.3 is 14.2 Å². The average molecular weight is 511 g/mol. The predicted molar refractivity (Wildman–Crippen MR) is 135 cm³/mol. The Morgan fingerprint density at radius 1 is 1.03 bits per heavy atom. The molecule has 0 spiro atoms. The van der Waals surface area contributed by atoms with E-state index in [4.69, 9.17) is 14.2 Å². The number of amides is 1. The molecule has 1 aromatic heterocycles. The van der Waals surface area contributed by atoms with Crippen LogP contribution in [0.4, 0.5) is 10.1 Å². The van der Waals surface area contributed by atoms with Crippen LogP contribution >= 0.6 is 11.8 Å². The van der Waals surface area contributed by atoms with Crippen LogP contribution in [-0.2, 0) is 25.6 Å². The number of carbonyl (C=O) groups excluding carboxylic acids is 2. The number of hydrogen-bond acceptors (Lipinski definition) is 7. The van der Waals surface area contributed by atoms with Gasteiger partial charge in [-0.1, -0.05) is 12.1 Å². The van der Waals surface area contributed by atoms with Gasteiger partial charge in [-0.25, -0.2) is 9.18 Å². The van der Waals surface area contributed by atoms with Crippen molar-refractivity contribution in [1.82, 2.24) is 4.98 Å². The summed E-state index contributed by atoms with van der Waals surface area (Å²) in [5.41, 5.74) is 3.77. The number of nitrogens with zero attached hydrogens (tertiary/aromatic N) is 2. The molecule has 0 N–H and O–H groups in total. The Balaban J connectivity index is 1.24. The van der Waals surface area contributed by atoms with Gasteiger partial charge >= 0.3 is 5.97 Å². The van der Waals surface area contributed by atoms with E-state index in [9.17, 15) is 14.0 Å². The smallest absolute Gasteiger partial charge is 0.338 e. The van der Waals surface area contributed by atoms with Crippen LogP contribution in [0.5, 0.6) is 0 Å². The number of pyridine rings is 1. The van der Waals surface area contributed by atoms with Gasteiger partial charge in [0.2, 0.25) is 5.91 Å². The van der Waals surface area contributed by atoms with Gasteiger partial charge in [-0.3, -0.25) is 14.7 Å². The largest absolute Gasteiger partial charge is 0.460 e. The summed E-state index contributed by atoms with van der Waals surface area (Å²) < 4.78 is 29.6. The van der Waals surface area contributed by atoms with E-state index in [1.807, 2.05) is 19.1 Å². The van der Waals surface area contributed by atoms with Crippen molar-refractivity contribution in [2.75, 3.05) is 37.1 Å². The van der Waals surface area contributed by atoms with Gasteiger partial charge in [-0.05, 0) is 66.1 Å². The Kier molecular flexibility index (Phi) is 9.05. The van der Waals surface area contributed by atoms with Crippen LogP contribution in [0.25, 0.3) is 0 Å². The molecule has 36 heavy (non-hydrogen) atoms. The highest BCUT2D eigenvalue weighted by molar-refractivity contribution is 8.00. The first-order valence-corrected chi connectivity index (χ1v) is 12.6. The van der Waals surface area contributed by atoms with Crippen molar-refractivity contribution in [1.29, 1.82) is 0 Å². The molecule has 2 heterocycles. The van der Waals surface area contributed by atoms with Gasteiger partial charge in [0.25, 0.3) is 0 Å². The summed E-state index contributed by atoms with van der Waals surface area (Å²) in [7, 11) is 0. The Morgan fingerprint density at radius 3 is 2.50 bits per heavy atom. The summed E-state index contributed by atoms with van der Waals surface area (Å²) >= 11 is 1.49. The first-order chi connectivity index (χ1) is 17.5. The molecule has 9 heteroatoms. The number of anilines is 1. The molecule has 0 radical (unpaired) electrons. The minimum atomic E-state index is -0.459. The Labute approximate surface area is 213 Å². The molecule has 0 saturated carbocycles. The van der Waals surface area contributed by atoms with Crippen molar-refractivity contribution in [2.24, 2.45) is 0 Å². The quantitative estimate of drug-likeness (QED) is 0.273. The highest BCUT2D eigenvalue weighted by atomic mass is 32.2. The zero-order chi connectivity index (χ0) is 25.3. The number of rotatable bonds is 11.